The Kier molecular flexibility index (Phi) is 5.62. The normalized spacial score (nSPS) is 26.3. The highest BCUT2D eigenvalue weighted by molar-refractivity contribution is 5.79. The van der Waals surface area contributed by atoms with Crippen molar-refractivity contribution in [1.82, 2.24) is 15.2 Å². The molecule has 23 heavy (non-hydrogen) atoms. The first-order valence-electron chi connectivity index (χ1n) is 8.88. The van der Waals surface area contributed by atoms with Crippen molar-refractivity contribution in [3.8, 4) is 0 Å². The number of nitrogens with two attached hydrogens (primary N) is 1. The first kappa shape index (κ1) is 16.4. The van der Waals surface area contributed by atoms with Crippen LogP contribution in [0.25, 0.3) is 0 Å². The van der Waals surface area contributed by atoms with Gasteiger partial charge < -0.3 is 11.1 Å². The van der Waals surface area contributed by atoms with Gasteiger partial charge in [-0.15, -0.1) is 0 Å². The topological polar surface area (TPSA) is 71.2 Å². The summed E-state index contributed by atoms with van der Waals surface area (Å²) in [6.07, 6.45) is 9.03. The summed E-state index contributed by atoms with van der Waals surface area (Å²) in [6, 6.07) is 4.47. The lowest BCUT2D eigenvalue weighted by atomic mass is 9.94. The molecule has 1 saturated heterocycles. The number of nitrogens with zero attached hydrogens (tertiary/aromatic N) is 2. The number of carbonyl (C=O) groups is 1. The molecule has 1 aliphatic carbocycles. The fourth-order valence-electron chi connectivity index (χ4n) is 3.95. The van der Waals surface area contributed by atoms with Crippen molar-refractivity contribution in [2.24, 2.45) is 17.6 Å². The molecule has 5 nitrogen and oxygen atoms in total. The van der Waals surface area contributed by atoms with Crippen LogP contribution in [-0.4, -0.2) is 41.5 Å². The molecule has 2 aliphatic rings. The van der Waals surface area contributed by atoms with Gasteiger partial charge in [-0.1, -0.05) is 6.42 Å². The second kappa shape index (κ2) is 7.88. The Labute approximate surface area is 138 Å². The van der Waals surface area contributed by atoms with Crippen molar-refractivity contribution in [1.29, 1.82) is 0 Å². The number of hydrogen-bond acceptors (Lipinski definition) is 4. The summed E-state index contributed by atoms with van der Waals surface area (Å²) in [7, 11) is 0. The molecule has 1 aromatic heterocycles. The van der Waals surface area contributed by atoms with E-state index in [1.165, 1.54) is 5.56 Å². The van der Waals surface area contributed by atoms with E-state index in [1.807, 2.05) is 12.4 Å². The molecule has 3 rings (SSSR count). The maximum absolute atomic E-state index is 12.5. The van der Waals surface area contributed by atoms with Gasteiger partial charge in [-0.3, -0.25) is 14.7 Å². The minimum atomic E-state index is 0.148. The Morgan fingerprint density at radius 2 is 1.96 bits per heavy atom. The Morgan fingerprint density at radius 1 is 1.22 bits per heavy atom. The average molecular weight is 316 g/mol. The van der Waals surface area contributed by atoms with Crippen LogP contribution in [0.15, 0.2) is 24.5 Å². The molecule has 0 aromatic carbocycles. The summed E-state index contributed by atoms with van der Waals surface area (Å²) in [5, 5.41) is 3.28. The van der Waals surface area contributed by atoms with Crippen LogP contribution in [0.2, 0.25) is 0 Å². The van der Waals surface area contributed by atoms with E-state index in [0.717, 1.165) is 51.7 Å². The molecule has 0 bridgehead atoms. The van der Waals surface area contributed by atoms with Crippen molar-refractivity contribution in [2.75, 3.05) is 19.6 Å². The number of likely N-dealkylation sites (tertiary alicyclic amines) is 1. The highest BCUT2D eigenvalue weighted by Crippen LogP contribution is 2.31. The number of aromatic nitrogens is 1. The van der Waals surface area contributed by atoms with E-state index in [4.69, 9.17) is 5.73 Å². The third-order valence-electron chi connectivity index (χ3n) is 5.39. The van der Waals surface area contributed by atoms with Gasteiger partial charge in [0.1, 0.15) is 0 Å². The molecule has 2 atom stereocenters. The fraction of sp³-hybridized carbons (Fsp3) is 0.667. The minimum Gasteiger partial charge on any atom is -0.353 e. The Morgan fingerprint density at radius 3 is 2.65 bits per heavy atom. The molecule has 0 radical (unpaired) electrons. The zero-order valence-electron chi connectivity index (χ0n) is 13.8. The van der Waals surface area contributed by atoms with Crippen molar-refractivity contribution in [3.63, 3.8) is 0 Å². The zero-order chi connectivity index (χ0) is 16.1. The van der Waals surface area contributed by atoms with Gasteiger partial charge in [0, 0.05) is 44.0 Å². The highest BCUT2D eigenvalue weighted by Gasteiger charge is 2.33. The first-order chi connectivity index (χ1) is 11.3. The van der Waals surface area contributed by atoms with Gasteiger partial charge in [0.15, 0.2) is 0 Å². The number of carbonyl (C=O) groups excluding carboxylic acids is 1. The molecule has 126 valence electrons. The van der Waals surface area contributed by atoms with Crippen LogP contribution < -0.4 is 11.1 Å². The Bertz CT molecular complexity index is 499. The molecular weight excluding hydrogens is 288 g/mol. The molecule has 5 heteroatoms. The molecule has 2 heterocycles. The van der Waals surface area contributed by atoms with E-state index in [1.54, 1.807) is 0 Å². The molecule has 1 aliphatic heterocycles. The van der Waals surface area contributed by atoms with Crippen molar-refractivity contribution in [2.45, 2.75) is 44.7 Å². The lowest BCUT2D eigenvalue weighted by Gasteiger charge is -2.33. The molecule has 0 spiro atoms. The fourth-order valence-corrected chi connectivity index (χ4v) is 3.95. The van der Waals surface area contributed by atoms with Crippen molar-refractivity contribution >= 4 is 5.91 Å². The van der Waals surface area contributed by atoms with Crippen LogP contribution in [-0.2, 0) is 11.3 Å². The summed E-state index contributed by atoms with van der Waals surface area (Å²) in [5.41, 5.74) is 7.10. The number of piperidine rings is 1. The van der Waals surface area contributed by atoms with Crippen molar-refractivity contribution < 1.29 is 4.79 Å². The largest absolute Gasteiger partial charge is 0.353 e. The lowest BCUT2D eigenvalue weighted by Crippen LogP contribution is -2.47. The third kappa shape index (κ3) is 4.30. The van der Waals surface area contributed by atoms with Crippen molar-refractivity contribution in [3.05, 3.63) is 30.1 Å². The molecule has 3 N–H and O–H groups in total. The maximum Gasteiger partial charge on any atom is 0.223 e. The molecule has 1 amide bonds. The minimum absolute atomic E-state index is 0.148. The number of hydrogen-bond donors (Lipinski definition) is 2. The summed E-state index contributed by atoms with van der Waals surface area (Å²) in [6.45, 7) is 3.69. The van der Waals surface area contributed by atoms with E-state index in [9.17, 15) is 4.79 Å². The number of pyridine rings is 1. The molecule has 1 saturated carbocycles. The van der Waals surface area contributed by atoms with Crippen LogP contribution in [0.4, 0.5) is 0 Å². The molecule has 1 aromatic rings. The summed E-state index contributed by atoms with van der Waals surface area (Å²) in [5.74, 6) is 0.780. The van der Waals surface area contributed by atoms with Crippen LogP contribution in [0.3, 0.4) is 0 Å². The van der Waals surface area contributed by atoms with Gasteiger partial charge in [0.2, 0.25) is 5.91 Å². The molecule has 2 fully saturated rings. The first-order valence-corrected chi connectivity index (χ1v) is 8.88. The van der Waals surface area contributed by atoms with E-state index in [-0.39, 0.29) is 11.8 Å². The lowest BCUT2D eigenvalue weighted by molar-refractivity contribution is -0.127. The third-order valence-corrected chi connectivity index (χ3v) is 5.39. The molecular formula is C18H28N4O. The maximum atomic E-state index is 12.5. The zero-order valence-corrected chi connectivity index (χ0v) is 13.8. The van der Waals surface area contributed by atoms with Gasteiger partial charge in [-0.25, -0.2) is 0 Å². The summed E-state index contributed by atoms with van der Waals surface area (Å²) in [4.78, 5) is 19.0. The monoisotopic (exact) mass is 316 g/mol. The van der Waals surface area contributed by atoms with E-state index in [0.29, 0.717) is 18.5 Å². The second-order valence-electron chi connectivity index (χ2n) is 6.95. The predicted octanol–water partition coefficient (Wildman–Crippen LogP) is 1.54. The Hall–Kier alpha value is -1.46. The summed E-state index contributed by atoms with van der Waals surface area (Å²) >= 11 is 0. The average Bonchev–Trinajstić information content (AvgIpc) is 3.06. The van der Waals surface area contributed by atoms with E-state index >= 15 is 0 Å². The van der Waals surface area contributed by atoms with E-state index in [2.05, 4.69) is 27.3 Å². The van der Waals surface area contributed by atoms with Gasteiger partial charge in [-0.2, -0.15) is 0 Å². The number of nitrogens with one attached hydrogen (secondary N) is 1. The number of amides is 1. The summed E-state index contributed by atoms with van der Waals surface area (Å²) < 4.78 is 0. The quantitative estimate of drug-likeness (QED) is 0.864. The van der Waals surface area contributed by atoms with Crippen LogP contribution in [0, 0.1) is 11.8 Å². The Balaban J connectivity index is 1.43. The highest BCUT2D eigenvalue weighted by atomic mass is 16.2. The van der Waals surface area contributed by atoms with E-state index < -0.39 is 0 Å². The standard InChI is InChI=1S/C18H28N4O/c19-12-15-2-1-3-17(15)18(23)21-16-6-10-22(11-7-16)13-14-4-8-20-9-5-14/h4-5,8-9,15-17H,1-3,6-7,10-13,19H2,(H,21,23)/t15-,17-/m1/s1. The number of rotatable bonds is 5. The van der Waals surface area contributed by atoms with Gasteiger partial charge in [0.25, 0.3) is 0 Å². The van der Waals surface area contributed by atoms with Gasteiger partial charge in [0.05, 0.1) is 0 Å². The second-order valence-corrected chi connectivity index (χ2v) is 6.95. The SMILES string of the molecule is NC[C@H]1CCC[C@H]1C(=O)NC1CCN(Cc2ccncc2)CC1. The van der Waals surface area contributed by atoms with Crippen LogP contribution in [0.5, 0.6) is 0 Å². The predicted molar refractivity (Wildman–Crippen MR) is 90.6 cm³/mol. The van der Waals surface area contributed by atoms with Crippen LogP contribution >= 0.6 is 0 Å². The van der Waals surface area contributed by atoms with Crippen LogP contribution in [0.1, 0.15) is 37.7 Å². The molecule has 0 unspecified atom stereocenters. The smallest absolute Gasteiger partial charge is 0.223 e. The van der Waals surface area contributed by atoms with Gasteiger partial charge >= 0.3 is 0 Å². The van der Waals surface area contributed by atoms with Gasteiger partial charge in [-0.05, 0) is 55.8 Å².